The van der Waals surface area contributed by atoms with Crippen LogP contribution in [0.3, 0.4) is 0 Å². The summed E-state index contributed by atoms with van der Waals surface area (Å²) in [6.07, 6.45) is 1.68. The summed E-state index contributed by atoms with van der Waals surface area (Å²) in [6.45, 7) is 4.52. The van der Waals surface area contributed by atoms with E-state index < -0.39 is 0 Å². The number of rotatable bonds is 4. The summed E-state index contributed by atoms with van der Waals surface area (Å²) < 4.78 is 0.471. The van der Waals surface area contributed by atoms with Gasteiger partial charge in [-0.15, -0.1) is 6.58 Å². The molecule has 134 valence electrons. The van der Waals surface area contributed by atoms with E-state index in [1.54, 1.807) is 15.9 Å². The highest BCUT2D eigenvalue weighted by molar-refractivity contribution is 8.26. The molecule has 0 radical (unpaired) electrons. The molecule has 2 heterocycles. The number of amides is 2. The molecule has 0 aromatic heterocycles. The van der Waals surface area contributed by atoms with E-state index in [1.807, 2.05) is 54.6 Å². The standard InChI is InChI=1S/C21H16N2O2S2/c1-2-12-22-16-11-7-6-10-15(16)17(19(22)24)18-20(25)23(21(26)27-18)13-14-8-4-3-5-9-14/h2-11H,1,12-13H2/b18-17+. The van der Waals surface area contributed by atoms with Gasteiger partial charge in [0.1, 0.15) is 4.32 Å². The monoisotopic (exact) mass is 392 g/mol. The molecule has 0 spiro atoms. The zero-order valence-corrected chi connectivity index (χ0v) is 16.1. The highest BCUT2D eigenvalue weighted by Gasteiger charge is 2.41. The first-order valence-electron chi connectivity index (χ1n) is 8.46. The van der Waals surface area contributed by atoms with Gasteiger partial charge >= 0.3 is 0 Å². The Morgan fingerprint density at radius 3 is 2.41 bits per heavy atom. The Bertz CT molecular complexity index is 998. The second-order valence-electron chi connectivity index (χ2n) is 6.17. The lowest BCUT2D eigenvalue weighted by molar-refractivity contribution is -0.122. The number of hydrogen-bond acceptors (Lipinski definition) is 4. The second-order valence-corrected chi connectivity index (χ2v) is 7.81. The van der Waals surface area contributed by atoms with Crippen molar-refractivity contribution in [3.63, 3.8) is 0 Å². The first-order valence-corrected chi connectivity index (χ1v) is 9.68. The Balaban J connectivity index is 1.75. The lowest BCUT2D eigenvalue weighted by Crippen LogP contribution is -2.29. The quantitative estimate of drug-likeness (QED) is 0.448. The van der Waals surface area contributed by atoms with Gasteiger partial charge in [-0.1, -0.05) is 78.6 Å². The maximum absolute atomic E-state index is 13.1. The minimum absolute atomic E-state index is 0.184. The number of thioether (sulfide) groups is 1. The van der Waals surface area contributed by atoms with E-state index in [0.717, 1.165) is 16.8 Å². The van der Waals surface area contributed by atoms with Crippen LogP contribution in [0, 0.1) is 0 Å². The molecule has 6 heteroatoms. The fourth-order valence-corrected chi connectivity index (χ4v) is 4.59. The van der Waals surface area contributed by atoms with Crippen LogP contribution in [0.4, 0.5) is 5.69 Å². The number of anilines is 1. The average Bonchev–Trinajstić information content (AvgIpc) is 3.11. The SMILES string of the molecule is C=CCN1C(=O)/C(=C2/SC(=S)N(Cc3ccccc3)C2=O)c2ccccc21. The third kappa shape index (κ3) is 3.01. The lowest BCUT2D eigenvalue weighted by Gasteiger charge is -2.14. The van der Waals surface area contributed by atoms with E-state index >= 15 is 0 Å². The van der Waals surface area contributed by atoms with Crippen molar-refractivity contribution in [2.75, 3.05) is 11.4 Å². The van der Waals surface area contributed by atoms with Crippen LogP contribution in [-0.4, -0.2) is 27.6 Å². The summed E-state index contributed by atoms with van der Waals surface area (Å²) >= 11 is 6.64. The molecule has 2 aromatic carbocycles. The number of carbonyl (C=O) groups is 2. The molecule has 2 aliphatic heterocycles. The van der Waals surface area contributed by atoms with E-state index in [1.165, 1.54) is 11.8 Å². The number of para-hydroxylation sites is 1. The minimum atomic E-state index is -0.215. The first kappa shape index (κ1) is 17.7. The molecule has 0 N–H and O–H groups in total. The van der Waals surface area contributed by atoms with E-state index in [2.05, 4.69) is 6.58 Å². The Hall–Kier alpha value is -2.70. The summed E-state index contributed by atoms with van der Waals surface area (Å²) in [6, 6.07) is 17.2. The summed E-state index contributed by atoms with van der Waals surface area (Å²) in [4.78, 5) is 29.7. The second kappa shape index (κ2) is 7.13. The Kier molecular flexibility index (Phi) is 4.68. The summed E-state index contributed by atoms with van der Waals surface area (Å²) in [5.74, 6) is -0.399. The van der Waals surface area contributed by atoms with Crippen LogP contribution < -0.4 is 4.90 Å². The predicted molar refractivity (Wildman–Crippen MR) is 113 cm³/mol. The van der Waals surface area contributed by atoms with Gasteiger partial charge in [-0.2, -0.15) is 0 Å². The topological polar surface area (TPSA) is 40.6 Å². The zero-order valence-electron chi connectivity index (χ0n) is 14.4. The van der Waals surface area contributed by atoms with Crippen LogP contribution in [0.1, 0.15) is 11.1 Å². The van der Waals surface area contributed by atoms with Gasteiger partial charge < -0.3 is 4.90 Å². The van der Waals surface area contributed by atoms with Gasteiger partial charge in [-0.25, -0.2) is 0 Å². The number of nitrogens with zero attached hydrogens (tertiary/aromatic N) is 2. The fraction of sp³-hybridized carbons (Fsp3) is 0.0952. The smallest absolute Gasteiger partial charge is 0.267 e. The van der Waals surface area contributed by atoms with Gasteiger partial charge in [-0.3, -0.25) is 14.5 Å². The molecule has 0 unspecified atom stereocenters. The van der Waals surface area contributed by atoms with Crippen molar-refractivity contribution in [2.45, 2.75) is 6.54 Å². The molecule has 0 saturated carbocycles. The number of hydrogen-bond donors (Lipinski definition) is 0. The Labute approximate surface area is 167 Å². The molecular weight excluding hydrogens is 376 g/mol. The van der Waals surface area contributed by atoms with Crippen molar-refractivity contribution in [3.8, 4) is 0 Å². The van der Waals surface area contributed by atoms with Crippen LogP contribution >= 0.6 is 24.0 Å². The van der Waals surface area contributed by atoms with Crippen molar-refractivity contribution >= 4 is 51.4 Å². The predicted octanol–water partition coefficient (Wildman–Crippen LogP) is 3.99. The molecule has 0 bridgehead atoms. The molecule has 0 atom stereocenters. The van der Waals surface area contributed by atoms with E-state index in [9.17, 15) is 9.59 Å². The molecule has 2 aliphatic rings. The van der Waals surface area contributed by atoms with E-state index in [-0.39, 0.29) is 11.8 Å². The van der Waals surface area contributed by atoms with Crippen molar-refractivity contribution < 1.29 is 9.59 Å². The largest absolute Gasteiger partial charge is 0.304 e. The summed E-state index contributed by atoms with van der Waals surface area (Å²) in [5, 5.41) is 0. The normalized spacial score (nSPS) is 19.0. The van der Waals surface area contributed by atoms with Crippen LogP contribution in [0.15, 0.2) is 72.2 Å². The summed E-state index contributed by atoms with van der Waals surface area (Å²) in [5.41, 5.74) is 2.99. The Morgan fingerprint density at radius 1 is 0.963 bits per heavy atom. The van der Waals surface area contributed by atoms with Crippen LogP contribution in [-0.2, 0) is 16.1 Å². The zero-order chi connectivity index (χ0) is 19.0. The van der Waals surface area contributed by atoms with Crippen molar-refractivity contribution in [1.82, 2.24) is 4.90 Å². The first-order chi connectivity index (χ1) is 13.1. The summed E-state index contributed by atoms with van der Waals surface area (Å²) in [7, 11) is 0. The molecule has 0 aliphatic carbocycles. The van der Waals surface area contributed by atoms with Crippen molar-refractivity contribution in [3.05, 3.63) is 83.3 Å². The van der Waals surface area contributed by atoms with Crippen LogP contribution in [0.5, 0.6) is 0 Å². The molecule has 4 rings (SSSR count). The number of fused-ring (bicyclic) bond motifs is 1. The van der Waals surface area contributed by atoms with Gasteiger partial charge in [0.25, 0.3) is 11.8 Å². The molecule has 4 nitrogen and oxygen atoms in total. The van der Waals surface area contributed by atoms with Crippen molar-refractivity contribution in [1.29, 1.82) is 0 Å². The fourth-order valence-electron chi connectivity index (χ4n) is 3.26. The average molecular weight is 393 g/mol. The van der Waals surface area contributed by atoms with Crippen LogP contribution in [0.25, 0.3) is 5.57 Å². The number of carbonyl (C=O) groups excluding carboxylic acids is 2. The molecular formula is C21H16N2O2S2. The van der Waals surface area contributed by atoms with Gasteiger partial charge in [0, 0.05) is 12.1 Å². The lowest BCUT2D eigenvalue weighted by atomic mass is 10.1. The maximum Gasteiger partial charge on any atom is 0.267 e. The third-order valence-corrected chi connectivity index (χ3v) is 5.94. The molecule has 2 aromatic rings. The minimum Gasteiger partial charge on any atom is -0.304 e. The van der Waals surface area contributed by atoms with Crippen molar-refractivity contribution in [2.24, 2.45) is 0 Å². The van der Waals surface area contributed by atoms with E-state index in [4.69, 9.17) is 12.2 Å². The Morgan fingerprint density at radius 2 is 1.67 bits per heavy atom. The molecule has 2 amide bonds. The molecule has 1 saturated heterocycles. The van der Waals surface area contributed by atoms with Gasteiger partial charge in [-0.05, 0) is 11.6 Å². The van der Waals surface area contributed by atoms with Gasteiger partial charge in [0.15, 0.2) is 0 Å². The van der Waals surface area contributed by atoms with Gasteiger partial charge in [0.2, 0.25) is 0 Å². The molecule has 27 heavy (non-hydrogen) atoms. The molecule has 1 fully saturated rings. The number of thiocarbonyl (C=S) groups is 1. The van der Waals surface area contributed by atoms with E-state index in [0.29, 0.717) is 27.9 Å². The maximum atomic E-state index is 13.1. The van der Waals surface area contributed by atoms with Gasteiger partial charge in [0.05, 0.1) is 22.7 Å². The third-order valence-electron chi connectivity index (χ3n) is 4.49. The highest BCUT2D eigenvalue weighted by atomic mass is 32.2. The number of benzene rings is 2. The highest BCUT2D eigenvalue weighted by Crippen LogP contribution is 2.44. The van der Waals surface area contributed by atoms with Crippen LogP contribution in [0.2, 0.25) is 0 Å².